The predicted molar refractivity (Wildman–Crippen MR) is 145 cm³/mol. The van der Waals surface area contributed by atoms with Crippen molar-refractivity contribution in [1.82, 2.24) is 4.98 Å². The number of hydrogen-bond acceptors (Lipinski definition) is 6. The summed E-state index contributed by atoms with van der Waals surface area (Å²) < 4.78 is 18.7. The van der Waals surface area contributed by atoms with E-state index in [4.69, 9.17) is 19.6 Å². The smallest absolute Gasteiger partial charge is 0.249 e. The molecular formula is C29H34N2O5Si. The molecule has 1 aromatic heterocycles. The predicted octanol–water partition coefficient (Wildman–Crippen LogP) is 5.56. The van der Waals surface area contributed by atoms with Gasteiger partial charge in [-0.25, -0.2) is 0 Å². The summed E-state index contributed by atoms with van der Waals surface area (Å²) in [5, 5.41) is 0.0637. The van der Waals surface area contributed by atoms with E-state index >= 15 is 0 Å². The summed E-state index contributed by atoms with van der Waals surface area (Å²) in [7, 11) is -1.98. The van der Waals surface area contributed by atoms with Gasteiger partial charge in [0.05, 0.1) is 11.5 Å². The molecule has 2 aromatic carbocycles. The van der Waals surface area contributed by atoms with Crippen LogP contribution in [-0.4, -0.2) is 38.2 Å². The second-order valence-corrected chi connectivity index (χ2v) is 15.6. The van der Waals surface area contributed by atoms with Gasteiger partial charge < -0.3 is 19.6 Å². The lowest BCUT2D eigenvalue weighted by atomic mass is 9.95. The van der Waals surface area contributed by atoms with E-state index in [1.54, 1.807) is 42.7 Å². The Bertz CT molecular complexity index is 1290. The van der Waals surface area contributed by atoms with Crippen LogP contribution in [0, 0.1) is 5.92 Å². The van der Waals surface area contributed by atoms with Crippen LogP contribution in [0.25, 0.3) is 0 Å². The summed E-state index contributed by atoms with van der Waals surface area (Å²) in [6.07, 6.45) is 2.72. The van der Waals surface area contributed by atoms with Gasteiger partial charge in [-0.1, -0.05) is 39.0 Å². The molecule has 7 nitrogen and oxygen atoms in total. The number of aromatic nitrogens is 1. The van der Waals surface area contributed by atoms with Crippen molar-refractivity contribution in [2.75, 3.05) is 13.2 Å². The van der Waals surface area contributed by atoms with Crippen molar-refractivity contribution in [2.45, 2.75) is 45.0 Å². The third-order valence-corrected chi connectivity index (χ3v) is 11.8. The van der Waals surface area contributed by atoms with E-state index in [1.165, 1.54) is 0 Å². The molecule has 4 rings (SSSR count). The number of benzene rings is 2. The first-order valence-electron chi connectivity index (χ1n) is 12.4. The number of rotatable bonds is 8. The highest BCUT2D eigenvalue weighted by atomic mass is 28.4. The Morgan fingerprint density at radius 3 is 2.51 bits per heavy atom. The minimum Gasteiger partial charge on any atom is -0.492 e. The molecule has 1 amide bonds. The van der Waals surface area contributed by atoms with Crippen molar-refractivity contribution >= 4 is 20.0 Å². The fraction of sp³-hybridized carbons (Fsp3) is 0.345. The van der Waals surface area contributed by atoms with Crippen LogP contribution in [0.3, 0.4) is 0 Å². The maximum Gasteiger partial charge on any atom is 0.249 e. The second kappa shape index (κ2) is 10.5. The lowest BCUT2D eigenvalue weighted by Crippen LogP contribution is -2.44. The first-order valence-corrected chi connectivity index (χ1v) is 15.3. The van der Waals surface area contributed by atoms with Gasteiger partial charge in [-0.2, -0.15) is 0 Å². The Morgan fingerprint density at radius 1 is 1.14 bits per heavy atom. The summed E-state index contributed by atoms with van der Waals surface area (Å²) in [6.45, 7) is 11.5. The standard InChI is InChI=1S/C29H34N2O5Si/c1-29(2,3)37(4,5)35-18-20-17-34-25-16-21(10-11-24(25)26(20)32)36-27(19-12-14-31-15-13-19)22-8-6-7-9-23(22)28(30)33/h6-16,20,27H,17-18H2,1-5H3,(H2,30,33)/t20?,27-/m1/s1. The molecule has 194 valence electrons. The maximum absolute atomic E-state index is 13.2. The van der Waals surface area contributed by atoms with E-state index in [0.29, 0.717) is 34.8 Å². The summed E-state index contributed by atoms with van der Waals surface area (Å²) in [5.41, 5.74) is 7.98. The number of primary amides is 1. The number of pyridine rings is 1. The van der Waals surface area contributed by atoms with Gasteiger partial charge in [-0.3, -0.25) is 14.6 Å². The van der Waals surface area contributed by atoms with Gasteiger partial charge in [0.15, 0.2) is 14.1 Å². The lowest BCUT2D eigenvalue weighted by molar-refractivity contribution is 0.0745. The highest BCUT2D eigenvalue weighted by Crippen LogP contribution is 2.38. The van der Waals surface area contributed by atoms with Gasteiger partial charge in [0.2, 0.25) is 5.91 Å². The van der Waals surface area contributed by atoms with E-state index in [2.05, 4.69) is 38.8 Å². The number of nitrogens with two attached hydrogens (primary N) is 1. The van der Waals surface area contributed by atoms with E-state index in [0.717, 1.165) is 5.56 Å². The summed E-state index contributed by atoms with van der Waals surface area (Å²) in [5.74, 6) is 0.103. The SMILES string of the molecule is CC(C)(C)[Si](C)(C)OCC1COc2cc(O[C@H](c3ccncc3)c3ccccc3C(N)=O)ccc2C1=O. The molecule has 0 saturated carbocycles. The maximum atomic E-state index is 13.2. The number of carbonyl (C=O) groups is 2. The number of ether oxygens (including phenoxy) is 2. The molecule has 0 saturated heterocycles. The Morgan fingerprint density at radius 2 is 1.84 bits per heavy atom. The lowest BCUT2D eigenvalue weighted by Gasteiger charge is -2.37. The summed E-state index contributed by atoms with van der Waals surface area (Å²) in [4.78, 5) is 29.5. The molecule has 8 heteroatoms. The zero-order valence-electron chi connectivity index (χ0n) is 22.0. The van der Waals surface area contributed by atoms with Crippen molar-refractivity contribution in [3.8, 4) is 11.5 Å². The van der Waals surface area contributed by atoms with Crippen molar-refractivity contribution in [2.24, 2.45) is 11.7 Å². The third-order valence-electron chi connectivity index (χ3n) is 7.25. The Kier molecular flexibility index (Phi) is 7.52. The molecule has 0 spiro atoms. The van der Waals surface area contributed by atoms with Crippen LogP contribution < -0.4 is 15.2 Å². The van der Waals surface area contributed by atoms with Crippen LogP contribution in [0.15, 0.2) is 67.0 Å². The first kappa shape index (κ1) is 26.6. The van der Waals surface area contributed by atoms with Gasteiger partial charge in [-0.15, -0.1) is 0 Å². The monoisotopic (exact) mass is 518 g/mol. The minimum atomic E-state index is -1.98. The molecule has 1 unspecified atom stereocenters. The molecule has 1 aliphatic heterocycles. The van der Waals surface area contributed by atoms with Crippen molar-refractivity contribution in [3.63, 3.8) is 0 Å². The highest BCUT2D eigenvalue weighted by molar-refractivity contribution is 6.74. The average Bonchev–Trinajstić information content (AvgIpc) is 2.86. The van der Waals surface area contributed by atoms with Gasteiger partial charge in [0.1, 0.15) is 24.2 Å². The molecule has 0 radical (unpaired) electrons. The second-order valence-electron chi connectivity index (χ2n) is 10.8. The molecule has 2 atom stereocenters. The van der Waals surface area contributed by atoms with Gasteiger partial charge in [0, 0.05) is 36.2 Å². The number of fused-ring (bicyclic) bond motifs is 1. The Balaban J connectivity index is 1.58. The molecule has 2 heterocycles. The zero-order chi connectivity index (χ0) is 26.8. The third kappa shape index (κ3) is 5.75. The molecule has 3 aromatic rings. The van der Waals surface area contributed by atoms with E-state index in [-0.39, 0.29) is 23.3 Å². The highest BCUT2D eigenvalue weighted by Gasteiger charge is 2.39. The quantitative estimate of drug-likeness (QED) is 0.392. The minimum absolute atomic E-state index is 0.0104. The van der Waals surface area contributed by atoms with Crippen LogP contribution in [0.4, 0.5) is 0 Å². The Hall–Kier alpha value is -3.49. The topological polar surface area (TPSA) is 101 Å². The van der Waals surface area contributed by atoms with Crippen LogP contribution in [0.5, 0.6) is 11.5 Å². The normalized spacial score (nSPS) is 16.5. The number of nitrogens with zero attached hydrogens (tertiary/aromatic N) is 1. The van der Waals surface area contributed by atoms with Gasteiger partial charge in [-0.05, 0) is 54.0 Å². The van der Waals surface area contributed by atoms with Crippen LogP contribution in [-0.2, 0) is 4.43 Å². The van der Waals surface area contributed by atoms with Crippen molar-refractivity contribution < 1.29 is 23.5 Å². The molecule has 37 heavy (non-hydrogen) atoms. The molecule has 0 fully saturated rings. The number of Topliss-reactive ketones (excluding diaryl/α,β-unsaturated/α-hetero) is 1. The number of ketones is 1. The number of carbonyl (C=O) groups excluding carboxylic acids is 2. The van der Waals surface area contributed by atoms with E-state index < -0.39 is 20.3 Å². The molecular weight excluding hydrogens is 484 g/mol. The fourth-order valence-electron chi connectivity index (χ4n) is 3.97. The molecule has 1 aliphatic rings. The average molecular weight is 519 g/mol. The molecule has 0 bridgehead atoms. The molecule has 2 N–H and O–H groups in total. The van der Waals surface area contributed by atoms with Crippen molar-refractivity contribution in [3.05, 3.63) is 89.2 Å². The molecule has 0 aliphatic carbocycles. The Labute approximate surface area is 219 Å². The fourth-order valence-corrected chi connectivity index (χ4v) is 5.02. The van der Waals surface area contributed by atoms with Gasteiger partial charge >= 0.3 is 0 Å². The van der Waals surface area contributed by atoms with Crippen LogP contribution >= 0.6 is 0 Å². The number of hydrogen-bond donors (Lipinski definition) is 1. The summed E-state index contributed by atoms with van der Waals surface area (Å²) >= 11 is 0. The zero-order valence-corrected chi connectivity index (χ0v) is 23.0. The first-order chi connectivity index (χ1) is 17.5. The van der Waals surface area contributed by atoms with E-state index in [9.17, 15) is 9.59 Å². The van der Waals surface area contributed by atoms with Gasteiger partial charge in [0.25, 0.3) is 0 Å². The van der Waals surface area contributed by atoms with Crippen LogP contribution in [0.1, 0.15) is 58.7 Å². The summed E-state index contributed by atoms with van der Waals surface area (Å²) in [6, 6.07) is 15.9. The van der Waals surface area contributed by atoms with Crippen molar-refractivity contribution in [1.29, 1.82) is 0 Å². The van der Waals surface area contributed by atoms with Crippen LogP contribution in [0.2, 0.25) is 18.1 Å². The van der Waals surface area contributed by atoms with E-state index in [1.807, 2.05) is 24.3 Å². The largest absolute Gasteiger partial charge is 0.492 e. The number of amides is 1.